The highest BCUT2D eigenvalue weighted by Gasteiger charge is 2.14. The number of carbonyl (C=O) groups excluding carboxylic acids is 1. The van der Waals surface area contributed by atoms with E-state index in [1.807, 2.05) is 42.6 Å². The van der Waals surface area contributed by atoms with Crippen LogP contribution >= 0.6 is 0 Å². The van der Waals surface area contributed by atoms with Gasteiger partial charge < -0.3 is 15.2 Å². The van der Waals surface area contributed by atoms with Crippen LogP contribution in [-0.4, -0.2) is 51.3 Å². The molecule has 8 heteroatoms. The van der Waals surface area contributed by atoms with Crippen molar-refractivity contribution in [2.45, 2.75) is 26.7 Å². The third-order valence-electron chi connectivity index (χ3n) is 4.41. The summed E-state index contributed by atoms with van der Waals surface area (Å²) < 4.78 is 6.73. The lowest BCUT2D eigenvalue weighted by atomic mass is 10.1. The van der Waals surface area contributed by atoms with Crippen LogP contribution in [0.3, 0.4) is 0 Å². The minimum Gasteiger partial charge on any atom is -0.480 e. The van der Waals surface area contributed by atoms with Crippen molar-refractivity contribution in [2.75, 3.05) is 19.8 Å². The minimum atomic E-state index is -1.03. The number of hydrogen-bond acceptors (Lipinski definition) is 5. The van der Waals surface area contributed by atoms with Gasteiger partial charge in [-0.05, 0) is 38.0 Å². The molecule has 0 unspecified atom stereocenters. The highest BCUT2D eigenvalue weighted by Crippen LogP contribution is 2.22. The monoisotopic (exact) mass is 370 g/mol. The Morgan fingerprint density at radius 1 is 1.26 bits per heavy atom. The number of benzene rings is 1. The number of aryl methyl sites for hydroxylation is 2. The first-order valence-corrected chi connectivity index (χ1v) is 8.77. The summed E-state index contributed by atoms with van der Waals surface area (Å²) in [6.07, 6.45) is 0.868. The zero-order valence-corrected chi connectivity index (χ0v) is 15.4. The molecule has 1 aromatic carbocycles. The number of nitrogens with one attached hydrogen (secondary N) is 1. The average Bonchev–Trinajstić information content (AvgIpc) is 3.00. The molecule has 0 aliphatic carbocycles. The van der Waals surface area contributed by atoms with Crippen molar-refractivity contribution in [2.24, 2.45) is 0 Å². The molecule has 0 bridgehead atoms. The quantitative estimate of drug-likeness (QED) is 0.584. The van der Waals surface area contributed by atoms with Gasteiger partial charge in [0, 0.05) is 29.7 Å². The van der Waals surface area contributed by atoms with E-state index in [4.69, 9.17) is 14.8 Å². The number of carbonyl (C=O) groups is 2. The number of hydrogen-bond donors (Lipinski definition) is 2. The van der Waals surface area contributed by atoms with E-state index >= 15 is 0 Å². The first kappa shape index (κ1) is 18.8. The lowest BCUT2D eigenvalue weighted by molar-refractivity contribution is -0.142. The van der Waals surface area contributed by atoms with Crippen LogP contribution in [0.1, 0.15) is 23.4 Å². The van der Waals surface area contributed by atoms with Crippen molar-refractivity contribution in [1.29, 1.82) is 0 Å². The number of amides is 1. The van der Waals surface area contributed by atoms with E-state index in [-0.39, 0.29) is 25.7 Å². The van der Waals surface area contributed by atoms with Crippen molar-refractivity contribution < 1.29 is 19.4 Å². The predicted octanol–water partition coefficient (Wildman–Crippen LogP) is 1.65. The number of aliphatic carboxylic acids is 1. The van der Waals surface area contributed by atoms with Crippen molar-refractivity contribution in [3.05, 3.63) is 41.2 Å². The van der Waals surface area contributed by atoms with Gasteiger partial charge in [-0.2, -0.15) is 5.10 Å². The summed E-state index contributed by atoms with van der Waals surface area (Å²) in [6, 6.07) is 7.87. The zero-order chi connectivity index (χ0) is 19.4. The van der Waals surface area contributed by atoms with Crippen LogP contribution in [-0.2, 0) is 20.7 Å². The lowest BCUT2D eigenvalue weighted by Crippen LogP contribution is -2.28. The Labute approximate surface area is 156 Å². The molecule has 0 saturated heterocycles. The van der Waals surface area contributed by atoms with Crippen molar-refractivity contribution >= 4 is 28.4 Å². The summed E-state index contributed by atoms with van der Waals surface area (Å²) in [7, 11) is 0. The van der Waals surface area contributed by atoms with E-state index in [9.17, 15) is 9.59 Å². The molecular formula is C19H22N4O4. The first-order chi connectivity index (χ1) is 13.0. The molecule has 0 aliphatic heterocycles. The summed E-state index contributed by atoms with van der Waals surface area (Å²) >= 11 is 0. The predicted molar refractivity (Wildman–Crippen MR) is 99.8 cm³/mol. The van der Waals surface area contributed by atoms with E-state index < -0.39 is 5.97 Å². The Morgan fingerprint density at radius 3 is 2.81 bits per heavy atom. The van der Waals surface area contributed by atoms with Crippen LogP contribution in [0.2, 0.25) is 0 Å². The van der Waals surface area contributed by atoms with E-state index in [1.165, 1.54) is 0 Å². The number of fused-ring (bicyclic) bond motifs is 3. The third kappa shape index (κ3) is 4.22. The fourth-order valence-electron chi connectivity index (χ4n) is 3.09. The molecule has 27 heavy (non-hydrogen) atoms. The van der Waals surface area contributed by atoms with Gasteiger partial charge in [0.15, 0.2) is 5.65 Å². The van der Waals surface area contributed by atoms with Gasteiger partial charge in [0.1, 0.15) is 6.61 Å². The van der Waals surface area contributed by atoms with Gasteiger partial charge >= 0.3 is 5.97 Å². The van der Waals surface area contributed by atoms with E-state index in [0.717, 1.165) is 33.5 Å². The molecule has 0 fully saturated rings. The van der Waals surface area contributed by atoms with Gasteiger partial charge in [0.2, 0.25) is 5.91 Å². The van der Waals surface area contributed by atoms with Gasteiger partial charge in [-0.15, -0.1) is 0 Å². The van der Waals surface area contributed by atoms with Crippen LogP contribution in [0, 0.1) is 13.8 Å². The molecule has 0 atom stereocenters. The summed E-state index contributed by atoms with van der Waals surface area (Å²) in [5.41, 5.74) is 4.59. The molecule has 3 aromatic rings. The standard InChI is InChI=1S/C19H22N4O4/c1-12-14(7-8-17(24)20-9-10-27-11-18(25)26)13(2)23-19(21-12)15-5-3-4-6-16(15)22-23/h3-6H,7-11H2,1-2H3,(H,20,24)(H,25,26). The molecule has 0 spiro atoms. The normalized spacial score (nSPS) is 11.2. The average molecular weight is 370 g/mol. The lowest BCUT2D eigenvalue weighted by Gasteiger charge is -2.11. The Hall–Kier alpha value is -3.00. The second-order valence-electron chi connectivity index (χ2n) is 6.31. The summed E-state index contributed by atoms with van der Waals surface area (Å²) in [5, 5.41) is 16.8. The Morgan fingerprint density at radius 2 is 2.04 bits per heavy atom. The van der Waals surface area contributed by atoms with Gasteiger partial charge in [0.05, 0.1) is 12.1 Å². The smallest absolute Gasteiger partial charge is 0.329 e. The molecule has 3 rings (SSSR count). The van der Waals surface area contributed by atoms with E-state index in [0.29, 0.717) is 12.8 Å². The second-order valence-corrected chi connectivity index (χ2v) is 6.31. The van der Waals surface area contributed by atoms with Crippen LogP contribution < -0.4 is 5.32 Å². The molecule has 0 saturated carbocycles. The molecule has 8 nitrogen and oxygen atoms in total. The van der Waals surface area contributed by atoms with Gasteiger partial charge in [-0.3, -0.25) is 4.79 Å². The van der Waals surface area contributed by atoms with Gasteiger partial charge in [0.25, 0.3) is 0 Å². The Kier molecular flexibility index (Phi) is 5.66. The molecule has 2 heterocycles. The molecule has 142 valence electrons. The number of rotatable bonds is 8. The highest BCUT2D eigenvalue weighted by atomic mass is 16.5. The number of carboxylic acids is 1. The fraction of sp³-hybridized carbons (Fsp3) is 0.368. The van der Waals surface area contributed by atoms with Crippen LogP contribution in [0.25, 0.3) is 16.6 Å². The second kappa shape index (κ2) is 8.13. The summed E-state index contributed by atoms with van der Waals surface area (Å²) in [4.78, 5) is 27.1. The molecule has 1 amide bonds. The minimum absolute atomic E-state index is 0.113. The van der Waals surface area contributed by atoms with E-state index in [2.05, 4.69) is 10.4 Å². The summed E-state index contributed by atoms with van der Waals surface area (Å²) in [5.74, 6) is -1.14. The highest BCUT2D eigenvalue weighted by molar-refractivity contribution is 5.92. The van der Waals surface area contributed by atoms with Crippen molar-refractivity contribution in [3.63, 3.8) is 0 Å². The van der Waals surface area contributed by atoms with Crippen LogP contribution in [0.5, 0.6) is 0 Å². The SMILES string of the molecule is Cc1nc2c3ccccc3nn2c(C)c1CCC(=O)NCCOCC(=O)O. The maximum Gasteiger partial charge on any atom is 0.329 e. The molecule has 2 N–H and O–H groups in total. The fourth-order valence-corrected chi connectivity index (χ4v) is 3.09. The maximum absolute atomic E-state index is 12.0. The number of ether oxygens (including phenoxy) is 1. The Balaban J connectivity index is 1.65. The summed E-state index contributed by atoms with van der Waals surface area (Å²) in [6.45, 7) is 4.02. The number of aromatic nitrogens is 3. The van der Waals surface area contributed by atoms with Gasteiger partial charge in [-0.25, -0.2) is 14.3 Å². The van der Waals surface area contributed by atoms with Crippen molar-refractivity contribution in [3.8, 4) is 0 Å². The van der Waals surface area contributed by atoms with Crippen molar-refractivity contribution in [1.82, 2.24) is 19.9 Å². The van der Waals surface area contributed by atoms with Gasteiger partial charge in [-0.1, -0.05) is 12.1 Å². The largest absolute Gasteiger partial charge is 0.480 e. The maximum atomic E-state index is 12.0. The van der Waals surface area contributed by atoms with Crippen LogP contribution in [0.15, 0.2) is 24.3 Å². The molecule has 0 aliphatic rings. The Bertz CT molecular complexity index is 996. The molecule has 2 aromatic heterocycles. The van der Waals surface area contributed by atoms with E-state index in [1.54, 1.807) is 0 Å². The number of carboxylic acid groups (broad SMARTS) is 1. The molecular weight excluding hydrogens is 348 g/mol. The zero-order valence-electron chi connectivity index (χ0n) is 15.4. The third-order valence-corrected chi connectivity index (χ3v) is 4.41. The first-order valence-electron chi connectivity index (χ1n) is 8.77. The van der Waals surface area contributed by atoms with Crippen LogP contribution in [0.4, 0.5) is 0 Å². The molecule has 0 radical (unpaired) electrons. The topological polar surface area (TPSA) is 106 Å². The number of nitrogens with zero attached hydrogens (tertiary/aromatic N) is 3.